The van der Waals surface area contributed by atoms with Gasteiger partial charge in [-0.3, -0.25) is 0 Å². The van der Waals surface area contributed by atoms with Gasteiger partial charge in [0.1, 0.15) is 0 Å². The van der Waals surface area contributed by atoms with E-state index in [1.165, 1.54) is 20.4 Å². The lowest BCUT2D eigenvalue weighted by molar-refractivity contribution is 0.506. The first-order valence-corrected chi connectivity index (χ1v) is 13.8. The van der Waals surface area contributed by atoms with Gasteiger partial charge in [-0.2, -0.15) is 12.7 Å². The summed E-state index contributed by atoms with van der Waals surface area (Å²) in [5, 5.41) is 1.07. The van der Waals surface area contributed by atoms with Crippen molar-refractivity contribution in [2.45, 2.75) is 31.7 Å². The van der Waals surface area contributed by atoms with Crippen molar-refractivity contribution in [3.8, 4) is 11.1 Å². The van der Waals surface area contributed by atoms with Gasteiger partial charge in [0.05, 0.1) is 4.90 Å². The van der Waals surface area contributed by atoms with Crippen molar-refractivity contribution in [2.75, 3.05) is 26.9 Å². The van der Waals surface area contributed by atoms with Gasteiger partial charge in [-0.15, -0.1) is 0 Å². The number of hydrogen-bond acceptors (Lipinski definition) is 4. The maximum atomic E-state index is 12.0. The molecule has 1 aromatic heterocycles. The zero-order chi connectivity index (χ0) is 23.7. The summed E-state index contributed by atoms with van der Waals surface area (Å²) >= 11 is 0. The van der Waals surface area contributed by atoms with Crippen LogP contribution < -0.4 is 4.72 Å². The van der Waals surface area contributed by atoms with Crippen molar-refractivity contribution in [3.63, 3.8) is 0 Å². The molecular formula is C23H31N3O4S2. The molecule has 2 aromatic carbocycles. The van der Waals surface area contributed by atoms with Crippen LogP contribution in [0.5, 0.6) is 0 Å². The molecule has 0 bridgehead atoms. The topological polar surface area (TPSA) is 88.5 Å². The third-order valence-electron chi connectivity index (χ3n) is 5.28. The van der Waals surface area contributed by atoms with Crippen LogP contribution in [-0.4, -0.2) is 52.6 Å². The molecule has 0 radical (unpaired) electrons. The molecule has 3 rings (SSSR count). The summed E-state index contributed by atoms with van der Waals surface area (Å²) in [6.07, 6.45) is 3.86. The second-order valence-electron chi connectivity index (χ2n) is 8.66. The maximum Gasteiger partial charge on any atom is 0.278 e. The minimum atomic E-state index is -3.47. The fraction of sp³-hybridized carbons (Fsp3) is 0.391. The number of sulfone groups is 1. The molecule has 0 atom stereocenters. The highest BCUT2D eigenvalue weighted by Gasteiger charge is 2.15. The van der Waals surface area contributed by atoms with Gasteiger partial charge in [0.25, 0.3) is 10.2 Å². The molecule has 0 spiro atoms. The smallest absolute Gasteiger partial charge is 0.278 e. The SMILES string of the molecule is CC(C)Cn1cc(CCNS(=O)(=O)N(C)C)c2ccc(-c3cccc(S(C)(=O)=O)c3)cc21. The summed E-state index contributed by atoms with van der Waals surface area (Å²) in [5.41, 5.74) is 3.89. The highest BCUT2D eigenvalue weighted by molar-refractivity contribution is 7.90. The van der Waals surface area contributed by atoms with Crippen LogP contribution in [0, 0.1) is 5.92 Å². The highest BCUT2D eigenvalue weighted by Crippen LogP contribution is 2.30. The van der Waals surface area contributed by atoms with E-state index in [9.17, 15) is 16.8 Å². The summed E-state index contributed by atoms with van der Waals surface area (Å²) < 4.78 is 53.9. The first-order chi connectivity index (χ1) is 14.9. The van der Waals surface area contributed by atoms with Crippen LogP contribution in [0.4, 0.5) is 0 Å². The van der Waals surface area contributed by atoms with Crippen molar-refractivity contribution in [2.24, 2.45) is 5.92 Å². The van der Waals surface area contributed by atoms with Crippen molar-refractivity contribution < 1.29 is 16.8 Å². The van der Waals surface area contributed by atoms with Crippen LogP contribution in [0.2, 0.25) is 0 Å². The Morgan fingerprint density at radius 1 is 1.00 bits per heavy atom. The van der Waals surface area contributed by atoms with Crippen LogP contribution in [0.3, 0.4) is 0 Å². The molecule has 0 unspecified atom stereocenters. The molecule has 0 fully saturated rings. The lowest BCUT2D eigenvalue weighted by atomic mass is 10.0. The first-order valence-electron chi connectivity index (χ1n) is 10.5. The Kier molecular flexibility index (Phi) is 7.14. The first kappa shape index (κ1) is 24.4. The number of nitrogens with zero attached hydrogens (tertiary/aromatic N) is 2. The van der Waals surface area contributed by atoms with Crippen LogP contribution >= 0.6 is 0 Å². The Labute approximate surface area is 191 Å². The van der Waals surface area contributed by atoms with E-state index in [0.717, 1.165) is 38.4 Å². The van der Waals surface area contributed by atoms with Gasteiger partial charge in [0.15, 0.2) is 9.84 Å². The standard InChI is InChI=1S/C23H31N3O4S2/c1-17(2)15-26-16-20(11-12-24-32(29,30)25(3)4)22-10-9-19(14-23(22)26)18-7-6-8-21(13-18)31(5,27)28/h6-10,13-14,16-17,24H,11-12,15H2,1-5H3. The van der Waals surface area contributed by atoms with Crippen molar-refractivity contribution in [1.82, 2.24) is 13.6 Å². The lowest BCUT2D eigenvalue weighted by Gasteiger charge is -2.11. The number of nitrogens with one attached hydrogen (secondary N) is 1. The average Bonchev–Trinajstić information content (AvgIpc) is 3.03. The highest BCUT2D eigenvalue weighted by atomic mass is 32.2. The molecule has 0 saturated heterocycles. The summed E-state index contributed by atoms with van der Waals surface area (Å²) in [6, 6.07) is 13.1. The average molecular weight is 478 g/mol. The number of aromatic nitrogens is 1. The summed E-state index contributed by atoms with van der Waals surface area (Å²) in [5.74, 6) is 0.433. The van der Waals surface area contributed by atoms with Crippen LogP contribution in [0.1, 0.15) is 19.4 Å². The van der Waals surface area contributed by atoms with E-state index in [1.54, 1.807) is 18.2 Å². The Morgan fingerprint density at radius 3 is 2.31 bits per heavy atom. The lowest BCUT2D eigenvalue weighted by Crippen LogP contribution is -2.36. The van der Waals surface area contributed by atoms with Crippen molar-refractivity contribution >= 4 is 30.9 Å². The molecule has 174 valence electrons. The molecular weight excluding hydrogens is 446 g/mol. The molecule has 7 nitrogen and oxygen atoms in total. The van der Waals surface area contributed by atoms with Gasteiger partial charge in [-0.1, -0.05) is 38.1 Å². The Morgan fingerprint density at radius 2 is 1.69 bits per heavy atom. The van der Waals surface area contributed by atoms with E-state index >= 15 is 0 Å². The van der Waals surface area contributed by atoms with Gasteiger partial charge in [-0.05, 0) is 47.2 Å². The van der Waals surface area contributed by atoms with Gasteiger partial charge in [0.2, 0.25) is 0 Å². The van der Waals surface area contributed by atoms with Gasteiger partial charge in [0, 0.05) is 50.5 Å². The third-order valence-corrected chi connectivity index (χ3v) is 7.92. The van der Waals surface area contributed by atoms with Crippen molar-refractivity contribution in [3.05, 3.63) is 54.2 Å². The molecule has 0 amide bonds. The largest absolute Gasteiger partial charge is 0.347 e. The summed E-state index contributed by atoms with van der Waals surface area (Å²) in [4.78, 5) is 0.293. The molecule has 1 N–H and O–H groups in total. The molecule has 1 heterocycles. The zero-order valence-electron chi connectivity index (χ0n) is 19.2. The fourth-order valence-electron chi connectivity index (χ4n) is 3.64. The predicted molar refractivity (Wildman–Crippen MR) is 130 cm³/mol. The minimum Gasteiger partial charge on any atom is -0.347 e. The molecule has 0 aliphatic carbocycles. The van der Waals surface area contributed by atoms with Crippen molar-refractivity contribution in [1.29, 1.82) is 0 Å². The minimum absolute atomic E-state index is 0.293. The van der Waals surface area contributed by atoms with Crippen LogP contribution in [0.25, 0.3) is 22.0 Å². The Bertz CT molecular complexity index is 1320. The summed E-state index contributed by atoms with van der Waals surface area (Å²) in [7, 11) is -3.76. The zero-order valence-corrected chi connectivity index (χ0v) is 20.8. The number of hydrogen-bond donors (Lipinski definition) is 1. The van der Waals surface area contributed by atoms with E-state index in [2.05, 4.69) is 35.4 Å². The molecule has 9 heteroatoms. The molecule has 0 aliphatic heterocycles. The molecule has 0 aliphatic rings. The van der Waals surface area contributed by atoms with Crippen LogP contribution in [0.15, 0.2) is 53.6 Å². The third kappa shape index (κ3) is 5.58. The van der Waals surface area contributed by atoms with E-state index in [1.807, 2.05) is 18.2 Å². The van der Waals surface area contributed by atoms with E-state index in [4.69, 9.17) is 0 Å². The maximum absolute atomic E-state index is 12.0. The second-order valence-corrected chi connectivity index (χ2v) is 12.6. The quantitative estimate of drug-likeness (QED) is 0.512. The monoisotopic (exact) mass is 477 g/mol. The predicted octanol–water partition coefficient (Wildman–Crippen LogP) is 3.31. The van der Waals surface area contributed by atoms with E-state index < -0.39 is 20.0 Å². The van der Waals surface area contributed by atoms with Crippen LogP contribution in [-0.2, 0) is 33.0 Å². The molecule has 3 aromatic rings. The van der Waals surface area contributed by atoms with E-state index in [-0.39, 0.29) is 0 Å². The molecule has 32 heavy (non-hydrogen) atoms. The van der Waals surface area contributed by atoms with Gasteiger partial charge < -0.3 is 4.57 Å². The van der Waals surface area contributed by atoms with E-state index in [0.29, 0.717) is 23.8 Å². The fourth-order valence-corrected chi connectivity index (χ4v) is 4.93. The van der Waals surface area contributed by atoms with Gasteiger partial charge in [-0.25, -0.2) is 13.1 Å². The normalized spacial score (nSPS) is 12.8. The Balaban J connectivity index is 1.99. The number of fused-ring (bicyclic) bond motifs is 1. The number of rotatable bonds is 9. The second kappa shape index (κ2) is 9.35. The molecule has 0 saturated carbocycles. The van der Waals surface area contributed by atoms with Gasteiger partial charge >= 0.3 is 0 Å². The Hall–Kier alpha value is -2.20. The number of benzene rings is 2. The summed E-state index contributed by atoms with van der Waals surface area (Å²) in [6.45, 7) is 5.43.